The summed E-state index contributed by atoms with van der Waals surface area (Å²) < 4.78 is 5.08. The van der Waals surface area contributed by atoms with E-state index in [2.05, 4.69) is 26.4 Å². The molecular weight excluding hydrogens is 296 g/mol. The van der Waals surface area contributed by atoms with Crippen molar-refractivity contribution in [1.29, 1.82) is 0 Å². The molecule has 0 saturated heterocycles. The summed E-state index contributed by atoms with van der Waals surface area (Å²) in [7, 11) is 0. The van der Waals surface area contributed by atoms with Gasteiger partial charge in [-0.05, 0) is 6.42 Å². The molecule has 1 atom stereocenters. The summed E-state index contributed by atoms with van der Waals surface area (Å²) in [5.74, 6) is 0.227. The van der Waals surface area contributed by atoms with Gasteiger partial charge in [0, 0.05) is 11.6 Å². The molecule has 0 spiro atoms. The Bertz CT molecular complexity index is 525. The van der Waals surface area contributed by atoms with Crippen molar-refractivity contribution in [3.05, 3.63) is 36.4 Å². The molecule has 5 heteroatoms. The number of alkyl halides is 1. The summed E-state index contributed by atoms with van der Waals surface area (Å²) in [4.78, 5) is 11.4. The fraction of sp³-hybridized carbons (Fsp3) is 0.231. The van der Waals surface area contributed by atoms with Gasteiger partial charge in [0.05, 0.1) is 4.83 Å². The fourth-order valence-electron chi connectivity index (χ4n) is 1.46. The van der Waals surface area contributed by atoms with Crippen molar-refractivity contribution >= 4 is 27.7 Å². The first-order valence-electron chi connectivity index (χ1n) is 5.67. The average Bonchev–Trinajstić information content (AvgIpc) is 2.87. The summed E-state index contributed by atoms with van der Waals surface area (Å²) in [6, 6.07) is 11.4. The lowest BCUT2D eigenvalue weighted by molar-refractivity contribution is -0.115. The zero-order valence-corrected chi connectivity index (χ0v) is 11.5. The molecule has 4 nitrogen and oxygen atoms in total. The van der Waals surface area contributed by atoms with Gasteiger partial charge in [0.1, 0.15) is 5.69 Å². The fourth-order valence-corrected chi connectivity index (χ4v) is 1.58. The molecule has 0 saturated carbocycles. The first kappa shape index (κ1) is 12.8. The molecule has 0 aliphatic carbocycles. The predicted octanol–water partition coefficient (Wildman–Crippen LogP) is 3.45. The molecule has 2 rings (SSSR count). The highest BCUT2D eigenvalue weighted by Gasteiger charge is 2.15. The minimum atomic E-state index is -0.220. The van der Waals surface area contributed by atoms with Crippen molar-refractivity contribution in [1.82, 2.24) is 5.16 Å². The van der Waals surface area contributed by atoms with E-state index in [9.17, 15) is 4.79 Å². The molecule has 0 radical (unpaired) electrons. The molecule has 18 heavy (non-hydrogen) atoms. The molecule has 1 N–H and O–H groups in total. The highest BCUT2D eigenvalue weighted by atomic mass is 79.9. The van der Waals surface area contributed by atoms with Crippen molar-refractivity contribution in [3.8, 4) is 11.3 Å². The van der Waals surface area contributed by atoms with Crippen LogP contribution in [-0.4, -0.2) is 15.9 Å². The van der Waals surface area contributed by atoms with Crippen LogP contribution in [0.15, 0.2) is 40.9 Å². The zero-order valence-electron chi connectivity index (χ0n) is 9.89. The number of rotatable bonds is 4. The van der Waals surface area contributed by atoms with Crippen LogP contribution in [-0.2, 0) is 4.79 Å². The number of hydrogen-bond acceptors (Lipinski definition) is 3. The molecule has 1 unspecified atom stereocenters. The first-order chi connectivity index (χ1) is 8.70. The van der Waals surface area contributed by atoms with Gasteiger partial charge in [0.25, 0.3) is 0 Å². The van der Waals surface area contributed by atoms with Crippen LogP contribution in [0.25, 0.3) is 11.3 Å². The van der Waals surface area contributed by atoms with E-state index in [1.807, 2.05) is 37.3 Å². The van der Waals surface area contributed by atoms with Crippen LogP contribution in [0, 0.1) is 0 Å². The highest BCUT2D eigenvalue weighted by Crippen LogP contribution is 2.21. The van der Waals surface area contributed by atoms with Gasteiger partial charge in [0.2, 0.25) is 11.8 Å². The normalized spacial score (nSPS) is 12.1. The van der Waals surface area contributed by atoms with Crippen LogP contribution in [0.5, 0.6) is 0 Å². The lowest BCUT2D eigenvalue weighted by Gasteiger charge is -2.04. The molecule has 2 aromatic rings. The van der Waals surface area contributed by atoms with Gasteiger partial charge in [-0.3, -0.25) is 10.1 Å². The summed E-state index contributed by atoms with van der Waals surface area (Å²) in [6.45, 7) is 1.93. The van der Waals surface area contributed by atoms with E-state index in [-0.39, 0.29) is 10.7 Å². The van der Waals surface area contributed by atoms with E-state index in [4.69, 9.17) is 4.52 Å². The van der Waals surface area contributed by atoms with Gasteiger partial charge in [0.15, 0.2) is 0 Å². The van der Waals surface area contributed by atoms with E-state index >= 15 is 0 Å². The number of carbonyl (C=O) groups is 1. The molecule has 1 aromatic heterocycles. The van der Waals surface area contributed by atoms with Crippen molar-refractivity contribution in [3.63, 3.8) is 0 Å². The number of halogens is 1. The molecule has 0 aliphatic heterocycles. The van der Waals surface area contributed by atoms with E-state index in [1.165, 1.54) is 0 Å². The number of nitrogens with one attached hydrogen (secondary N) is 1. The Morgan fingerprint density at radius 1 is 1.44 bits per heavy atom. The maximum absolute atomic E-state index is 11.6. The molecular formula is C13H13BrN2O2. The first-order valence-corrected chi connectivity index (χ1v) is 6.59. The van der Waals surface area contributed by atoms with Crippen molar-refractivity contribution in [2.24, 2.45) is 0 Å². The van der Waals surface area contributed by atoms with Gasteiger partial charge in [-0.1, -0.05) is 58.3 Å². The van der Waals surface area contributed by atoms with Crippen LogP contribution in [0.2, 0.25) is 0 Å². The summed E-state index contributed by atoms with van der Waals surface area (Å²) in [6.07, 6.45) is 0.714. The van der Waals surface area contributed by atoms with E-state index in [1.54, 1.807) is 6.07 Å². The highest BCUT2D eigenvalue weighted by molar-refractivity contribution is 9.10. The lowest BCUT2D eigenvalue weighted by Crippen LogP contribution is -2.21. The number of benzene rings is 1. The maximum Gasteiger partial charge on any atom is 0.240 e. The minimum Gasteiger partial charge on any atom is -0.338 e. The lowest BCUT2D eigenvalue weighted by atomic mass is 10.1. The third kappa shape index (κ3) is 2.98. The predicted molar refractivity (Wildman–Crippen MR) is 73.6 cm³/mol. The zero-order chi connectivity index (χ0) is 13.0. The van der Waals surface area contributed by atoms with Gasteiger partial charge >= 0.3 is 0 Å². The molecule has 94 valence electrons. The van der Waals surface area contributed by atoms with Gasteiger partial charge < -0.3 is 4.52 Å². The van der Waals surface area contributed by atoms with Crippen LogP contribution in [0.4, 0.5) is 5.88 Å². The monoisotopic (exact) mass is 308 g/mol. The Morgan fingerprint density at radius 3 is 2.83 bits per heavy atom. The summed E-state index contributed by atoms with van der Waals surface area (Å²) >= 11 is 3.28. The molecule has 0 fully saturated rings. The van der Waals surface area contributed by atoms with Crippen LogP contribution in [0.3, 0.4) is 0 Å². The van der Waals surface area contributed by atoms with Crippen molar-refractivity contribution in [2.75, 3.05) is 5.32 Å². The van der Waals surface area contributed by atoms with Crippen LogP contribution in [0.1, 0.15) is 13.3 Å². The average molecular weight is 309 g/mol. The van der Waals surface area contributed by atoms with Crippen LogP contribution >= 0.6 is 15.9 Å². The smallest absolute Gasteiger partial charge is 0.240 e. The third-order valence-corrected chi connectivity index (χ3v) is 3.53. The second kappa shape index (κ2) is 5.82. The number of aromatic nitrogens is 1. The third-order valence-electron chi connectivity index (χ3n) is 2.47. The number of nitrogens with zero attached hydrogens (tertiary/aromatic N) is 1. The van der Waals surface area contributed by atoms with E-state index < -0.39 is 0 Å². The molecule has 0 bridgehead atoms. The molecule has 1 amide bonds. The summed E-state index contributed by atoms with van der Waals surface area (Å²) in [5.41, 5.74) is 1.65. The standard InChI is InChI=1S/C13H13BrN2O2/c1-2-10(14)13(17)15-12-8-11(16-18-12)9-6-4-3-5-7-9/h3-8,10H,2H2,1H3,(H,15,17). The van der Waals surface area contributed by atoms with Crippen LogP contribution < -0.4 is 5.32 Å². The quantitative estimate of drug-likeness (QED) is 0.880. The maximum atomic E-state index is 11.6. The SMILES string of the molecule is CCC(Br)C(=O)Nc1cc(-c2ccccc2)no1. The van der Waals surface area contributed by atoms with Gasteiger partial charge in [-0.15, -0.1) is 0 Å². The second-order valence-electron chi connectivity index (χ2n) is 3.81. The Labute approximate surface area is 113 Å². The Hall–Kier alpha value is -1.62. The van der Waals surface area contributed by atoms with E-state index in [0.29, 0.717) is 18.0 Å². The van der Waals surface area contributed by atoms with Gasteiger partial charge in [-0.25, -0.2) is 0 Å². The van der Waals surface area contributed by atoms with E-state index in [0.717, 1.165) is 5.56 Å². The Balaban J connectivity index is 2.10. The number of hydrogen-bond donors (Lipinski definition) is 1. The Morgan fingerprint density at radius 2 is 2.17 bits per heavy atom. The number of anilines is 1. The Kier molecular flexibility index (Phi) is 4.15. The molecule has 1 heterocycles. The van der Waals surface area contributed by atoms with Crippen molar-refractivity contribution in [2.45, 2.75) is 18.2 Å². The number of amides is 1. The topological polar surface area (TPSA) is 55.1 Å². The molecule has 1 aromatic carbocycles. The van der Waals surface area contributed by atoms with Crippen molar-refractivity contribution < 1.29 is 9.32 Å². The summed E-state index contributed by atoms with van der Waals surface area (Å²) in [5, 5.41) is 6.59. The molecule has 0 aliphatic rings. The number of carbonyl (C=O) groups excluding carboxylic acids is 1. The van der Waals surface area contributed by atoms with Gasteiger partial charge in [-0.2, -0.15) is 0 Å². The minimum absolute atomic E-state index is 0.131. The largest absolute Gasteiger partial charge is 0.338 e. The second-order valence-corrected chi connectivity index (χ2v) is 4.91.